The minimum atomic E-state index is -4.35. The number of hydrogen-bond donors (Lipinski definition) is 1. The van der Waals surface area contributed by atoms with Crippen molar-refractivity contribution in [2.24, 2.45) is 10.9 Å². The molecule has 0 aromatic carbocycles. The number of nitrogens with one attached hydrogen (secondary N) is 1. The molecule has 1 N–H and O–H groups in total. The maximum atomic E-state index is 12.5. The number of alkyl halides is 3. The first-order chi connectivity index (χ1) is 6.89. The quantitative estimate of drug-likeness (QED) is 0.660. The van der Waals surface area contributed by atoms with Gasteiger partial charge < -0.3 is 5.32 Å². The molecule has 0 bridgehead atoms. The highest BCUT2D eigenvalue weighted by Crippen LogP contribution is 2.35. The summed E-state index contributed by atoms with van der Waals surface area (Å²) < 4.78 is 37.5. The van der Waals surface area contributed by atoms with E-state index in [1.165, 1.54) is 6.08 Å². The van der Waals surface area contributed by atoms with Crippen molar-refractivity contribution in [3.8, 4) is 0 Å². The summed E-state index contributed by atoms with van der Waals surface area (Å²) in [5.41, 5.74) is 0.622. The molecular formula is C10H11F3N2. The Morgan fingerprint density at radius 3 is 2.60 bits per heavy atom. The van der Waals surface area contributed by atoms with E-state index in [0.29, 0.717) is 5.71 Å². The molecule has 2 rings (SSSR count). The minimum absolute atomic E-state index is 0.101. The first kappa shape index (κ1) is 10.3. The first-order valence-corrected chi connectivity index (χ1v) is 4.66. The van der Waals surface area contributed by atoms with Gasteiger partial charge in [-0.1, -0.05) is 0 Å². The summed E-state index contributed by atoms with van der Waals surface area (Å²) in [7, 11) is 0. The maximum Gasteiger partial charge on any atom is 0.433 e. The van der Waals surface area contributed by atoms with Crippen molar-refractivity contribution in [3.05, 3.63) is 23.5 Å². The lowest BCUT2D eigenvalue weighted by Gasteiger charge is -2.25. The Bertz CT molecular complexity index is 377. The van der Waals surface area contributed by atoms with E-state index >= 15 is 0 Å². The fourth-order valence-corrected chi connectivity index (χ4v) is 1.92. The lowest BCUT2D eigenvalue weighted by atomic mass is 9.90. The Balaban J connectivity index is 2.37. The van der Waals surface area contributed by atoms with Gasteiger partial charge in [-0.25, -0.2) is 0 Å². The van der Waals surface area contributed by atoms with Crippen LogP contribution in [0.2, 0.25) is 0 Å². The third kappa shape index (κ3) is 1.66. The summed E-state index contributed by atoms with van der Waals surface area (Å²) in [6.45, 7) is 3.44. The van der Waals surface area contributed by atoms with Crippen LogP contribution in [0.3, 0.4) is 0 Å². The van der Waals surface area contributed by atoms with Crippen molar-refractivity contribution in [3.63, 3.8) is 0 Å². The van der Waals surface area contributed by atoms with Gasteiger partial charge in [-0.15, -0.1) is 0 Å². The number of hydrogen-bond acceptors (Lipinski definition) is 2. The molecule has 0 fully saturated rings. The second-order valence-corrected chi connectivity index (χ2v) is 3.86. The second-order valence-electron chi connectivity index (χ2n) is 3.86. The van der Waals surface area contributed by atoms with Crippen molar-refractivity contribution in [2.75, 3.05) is 0 Å². The van der Waals surface area contributed by atoms with Crippen LogP contribution in [-0.2, 0) is 0 Å². The van der Waals surface area contributed by atoms with Gasteiger partial charge in [0.2, 0.25) is 0 Å². The van der Waals surface area contributed by atoms with Crippen LogP contribution in [0, 0.1) is 5.92 Å². The van der Waals surface area contributed by atoms with Crippen molar-refractivity contribution < 1.29 is 13.2 Å². The Kier molecular flexibility index (Phi) is 2.13. The Morgan fingerprint density at radius 1 is 1.33 bits per heavy atom. The molecule has 2 aliphatic heterocycles. The molecule has 0 saturated carbocycles. The normalized spacial score (nSPS) is 30.1. The standard InChI is InChI=1S/C10H11F3N2/c1-5-4-14-9-6(2)15-8(3-7(5)9)10(11,12)13/h3-4,7,9,14H,1-2H3/t7?,9-/m0/s1. The smallest absolute Gasteiger partial charge is 0.382 e. The maximum absolute atomic E-state index is 12.5. The number of aliphatic imine (C=N–C) groups is 1. The van der Waals surface area contributed by atoms with E-state index in [0.717, 1.165) is 5.57 Å². The molecule has 5 heteroatoms. The average molecular weight is 216 g/mol. The van der Waals surface area contributed by atoms with E-state index in [9.17, 15) is 13.2 Å². The summed E-state index contributed by atoms with van der Waals surface area (Å²) in [6.07, 6.45) is -1.40. The SMILES string of the molecule is CC1=CN[C@H]2C(C)=NC(C(F)(F)F)=CC12. The Hall–Kier alpha value is -1.26. The van der Waals surface area contributed by atoms with Crippen LogP contribution in [0.1, 0.15) is 13.8 Å². The summed E-state index contributed by atoms with van der Waals surface area (Å²) in [5.74, 6) is -0.209. The van der Waals surface area contributed by atoms with Crippen LogP contribution in [-0.4, -0.2) is 17.9 Å². The second kappa shape index (κ2) is 3.12. The predicted octanol–water partition coefficient (Wildman–Crippen LogP) is 2.40. The predicted molar refractivity (Wildman–Crippen MR) is 51.4 cm³/mol. The van der Waals surface area contributed by atoms with Crippen LogP contribution in [0.4, 0.5) is 13.2 Å². The molecular weight excluding hydrogens is 205 g/mol. The molecule has 2 aliphatic rings. The number of allylic oxidation sites excluding steroid dienone is 1. The minimum Gasteiger partial charge on any atom is -0.382 e. The lowest BCUT2D eigenvalue weighted by molar-refractivity contribution is -0.0930. The highest BCUT2D eigenvalue weighted by Gasteiger charge is 2.40. The largest absolute Gasteiger partial charge is 0.433 e. The zero-order chi connectivity index (χ0) is 11.2. The van der Waals surface area contributed by atoms with E-state index in [2.05, 4.69) is 10.3 Å². The number of rotatable bonds is 0. The van der Waals surface area contributed by atoms with Crippen LogP contribution < -0.4 is 5.32 Å². The highest BCUT2D eigenvalue weighted by molar-refractivity contribution is 5.91. The molecule has 2 atom stereocenters. The van der Waals surface area contributed by atoms with E-state index < -0.39 is 11.9 Å². The van der Waals surface area contributed by atoms with Gasteiger partial charge in [-0.2, -0.15) is 13.2 Å². The van der Waals surface area contributed by atoms with Gasteiger partial charge >= 0.3 is 6.18 Å². The molecule has 2 heterocycles. The molecule has 82 valence electrons. The van der Waals surface area contributed by atoms with Gasteiger partial charge in [-0.3, -0.25) is 4.99 Å². The topological polar surface area (TPSA) is 24.4 Å². The average Bonchev–Trinajstić information content (AvgIpc) is 2.47. The molecule has 1 unspecified atom stereocenters. The molecule has 0 spiro atoms. The lowest BCUT2D eigenvalue weighted by Crippen LogP contribution is -2.37. The van der Waals surface area contributed by atoms with Crippen molar-refractivity contribution in [1.29, 1.82) is 0 Å². The van der Waals surface area contributed by atoms with Crippen molar-refractivity contribution in [1.82, 2.24) is 5.32 Å². The zero-order valence-corrected chi connectivity index (χ0v) is 8.39. The highest BCUT2D eigenvalue weighted by atomic mass is 19.4. The molecule has 15 heavy (non-hydrogen) atoms. The Labute approximate surface area is 85.6 Å². The van der Waals surface area contributed by atoms with Crippen LogP contribution in [0.15, 0.2) is 28.5 Å². The Morgan fingerprint density at radius 2 is 2.00 bits per heavy atom. The summed E-state index contributed by atoms with van der Waals surface area (Å²) in [5, 5.41) is 3.03. The molecule has 0 aromatic rings. The molecule has 0 aromatic heterocycles. The van der Waals surface area contributed by atoms with E-state index in [4.69, 9.17) is 0 Å². The van der Waals surface area contributed by atoms with Crippen LogP contribution >= 0.6 is 0 Å². The van der Waals surface area contributed by atoms with Gasteiger partial charge in [0.25, 0.3) is 0 Å². The molecule has 0 saturated heterocycles. The number of nitrogens with zero attached hydrogens (tertiary/aromatic N) is 1. The van der Waals surface area contributed by atoms with Gasteiger partial charge in [0.15, 0.2) is 0 Å². The molecule has 0 aliphatic carbocycles. The van der Waals surface area contributed by atoms with E-state index in [1.54, 1.807) is 13.1 Å². The number of halogens is 3. The fraction of sp³-hybridized carbons (Fsp3) is 0.500. The number of fused-ring (bicyclic) bond motifs is 1. The van der Waals surface area contributed by atoms with Crippen LogP contribution in [0.25, 0.3) is 0 Å². The van der Waals surface area contributed by atoms with Gasteiger partial charge in [0.1, 0.15) is 5.70 Å². The molecule has 2 nitrogen and oxygen atoms in total. The summed E-state index contributed by atoms with van der Waals surface area (Å²) in [4.78, 5) is 3.59. The summed E-state index contributed by atoms with van der Waals surface area (Å²) in [6, 6.07) is -0.101. The molecule has 0 amide bonds. The van der Waals surface area contributed by atoms with Gasteiger partial charge in [0.05, 0.1) is 6.04 Å². The van der Waals surface area contributed by atoms with Crippen molar-refractivity contribution in [2.45, 2.75) is 26.1 Å². The first-order valence-electron chi connectivity index (χ1n) is 4.66. The van der Waals surface area contributed by atoms with Crippen molar-refractivity contribution >= 4 is 5.71 Å². The molecule has 0 radical (unpaired) electrons. The van der Waals surface area contributed by atoms with E-state index in [-0.39, 0.29) is 12.0 Å². The van der Waals surface area contributed by atoms with Gasteiger partial charge in [0, 0.05) is 11.6 Å². The van der Waals surface area contributed by atoms with E-state index in [1.807, 2.05) is 6.92 Å². The fourth-order valence-electron chi connectivity index (χ4n) is 1.92. The monoisotopic (exact) mass is 216 g/mol. The zero-order valence-electron chi connectivity index (χ0n) is 8.39. The summed E-state index contributed by atoms with van der Waals surface area (Å²) >= 11 is 0. The van der Waals surface area contributed by atoms with Gasteiger partial charge in [-0.05, 0) is 31.7 Å². The third-order valence-corrected chi connectivity index (χ3v) is 2.75. The van der Waals surface area contributed by atoms with Crippen LogP contribution in [0.5, 0.6) is 0 Å². The third-order valence-electron chi connectivity index (χ3n) is 2.75.